The maximum atomic E-state index is 12.8. The summed E-state index contributed by atoms with van der Waals surface area (Å²) in [6.45, 7) is 3.07. The zero-order chi connectivity index (χ0) is 18.8. The quantitative estimate of drug-likeness (QED) is 0.888. The number of nitrogens with one attached hydrogen (secondary N) is 1. The van der Waals surface area contributed by atoms with Gasteiger partial charge in [-0.1, -0.05) is 0 Å². The third kappa shape index (κ3) is 3.03. The van der Waals surface area contributed by atoms with Crippen LogP contribution in [-0.2, 0) is 7.05 Å². The molecule has 6 heteroatoms. The van der Waals surface area contributed by atoms with Crippen molar-refractivity contribution < 1.29 is 9.53 Å². The van der Waals surface area contributed by atoms with Gasteiger partial charge < -0.3 is 19.5 Å². The summed E-state index contributed by atoms with van der Waals surface area (Å²) in [6.07, 6.45) is 7.63. The van der Waals surface area contributed by atoms with E-state index in [9.17, 15) is 9.59 Å². The monoisotopic (exact) mass is 371 g/mol. The standard InChI is InChI=1S/C21H29N3O3/c1-13-3-17(7-19(25)23(13)2)27-18-11-24(12-18)20(26)22-21-8-14-4-15(9-21)6-16(5-14)10-21/h3,7,14-16,18H,4-6,8-12H2,1-2H3,(H,22,26). The van der Waals surface area contributed by atoms with E-state index < -0.39 is 0 Å². The zero-order valence-electron chi connectivity index (χ0n) is 16.2. The van der Waals surface area contributed by atoms with Crippen LogP contribution < -0.4 is 15.6 Å². The van der Waals surface area contributed by atoms with Gasteiger partial charge in [0.1, 0.15) is 11.9 Å². The van der Waals surface area contributed by atoms with Crippen molar-refractivity contribution in [2.24, 2.45) is 24.8 Å². The molecule has 0 radical (unpaired) electrons. The van der Waals surface area contributed by atoms with Crippen molar-refractivity contribution in [1.82, 2.24) is 14.8 Å². The minimum absolute atomic E-state index is 0.0291. The largest absolute Gasteiger partial charge is 0.486 e. The van der Waals surface area contributed by atoms with E-state index in [0.717, 1.165) is 23.4 Å². The second-order valence-electron chi connectivity index (χ2n) is 9.50. The number of aromatic nitrogens is 1. The highest BCUT2D eigenvalue weighted by Gasteiger charge is 2.52. The third-order valence-electron chi connectivity index (χ3n) is 7.32. The molecule has 1 saturated heterocycles. The van der Waals surface area contributed by atoms with Crippen molar-refractivity contribution in [2.75, 3.05) is 13.1 Å². The van der Waals surface area contributed by atoms with Crippen LogP contribution in [-0.4, -0.2) is 40.2 Å². The first-order valence-electron chi connectivity index (χ1n) is 10.3. The van der Waals surface area contributed by atoms with E-state index in [-0.39, 0.29) is 23.2 Å². The van der Waals surface area contributed by atoms with Crippen molar-refractivity contribution >= 4 is 6.03 Å². The molecule has 1 N–H and O–H groups in total. The number of nitrogens with zero attached hydrogens (tertiary/aromatic N) is 2. The topological polar surface area (TPSA) is 63.6 Å². The van der Waals surface area contributed by atoms with Gasteiger partial charge >= 0.3 is 6.03 Å². The Hall–Kier alpha value is -1.98. The van der Waals surface area contributed by atoms with Crippen LogP contribution in [0.1, 0.15) is 44.2 Å². The first-order valence-corrected chi connectivity index (χ1v) is 10.3. The Balaban J connectivity index is 1.17. The van der Waals surface area contributed by atoms with Gasteiger partial charge in [-0.15, -0.1) is 0 Å². The fraction of sp³-hybridized carbons (Fsp3) is 0.714. The van der Waals surface area contributed by atoms with Crippen LogP contribution in [0.3, 0.4) is 0 Å². The number of ether oxygens (including phenoxy) is 1. The molecule has 4 saturated carbocycles. The fourth-order valence-electron chi connectivity index (χ4n) is 6.25. The third-order valence-corrected chi connectivity index (χ3v) is 7.32. The summed E-state index contributed by atoms with van der Waals surface area (Å²) in [5.74, 6) is 3.08. The summed E-state index contributed by atoms with van der Waals surface area (Å²) in [7, 11) is 1.75. The molecule has 2 amide bonds. The molecule has 4 aliphatic carbocycles. The number of aryl methyl sites for hydroxylation is 1. The van der Waals surface area contributed by atoms with E-state index in [2.05, 4.69) is 5.32 Å². The van der Waals surface area contributed by atoms with E-state index in [0.29, 0.717) is 18.8 Å². The number of carbonyl (C=O) groups is 1. The molecule has 1 aromatic heterocycles. The summed E-state index contributed by atoms with van der Waals surface area (Å²) in [6, 6.07) is 3.46. The predicted molar refractivity (Wildman–Crippen MR) is 102 cm³/mol. The Labute approximate surface area is 159 Å². The van der Waals surface area contributed by atoms with E-state index in [1.807, 2.05) is 17.9 Å². The van der Waals surface area contributed by atoms with Crippen molar-refractivity contribution in [3.8, 4) is 5.75 Å². The minimum Gasteiger partial charge on any atom is -0.486 e. The fourth-order valence-corrected chi connectivity index (χ4v) is 6.25. The molecule has 6 nitrogen and oxygen atoms in total. The van der Waals surface area contributed by atoms with Gasteiger partial charge in [0, 0.05) is 24.3 Å². The molecule has 1 aliphatic heterocycles. The van der Waals surface area contributed by atoms with E-state index in [4.69, 9.17) is 4.74 Å². The minimum atomic E-state index is -0.0688. The van der Waals surface area contributed by atoms with Crippen LogP contribution >= 0.6 is 0 Å². The van der Waals surface area contributed by atoms with Crippen LogP contribution in [0.5, 0.6) is 5.75 Å². The normalized spacial score (nSPS) is 34.4. The van der Waals surface area contributed by atoms with Gasteiger partial charge in [-0.05, 0) is 69.3 Å². The molecule has 6 rings (SSSR count). The van der Waals surface area contributed by atoms with Crippen LogP contribution in [0, 0.1) is 24.7 Å². The molecule has 4 bridgehead atoms. The van der Waals surface area contributed by atoms with Crippen LogP contribution in [0.15, 0.2) is 16.9 Å². The SMILES string of the molecule is Cc1cc(OC2CN(C(=O)NC34CC5CC(CC(C5)C3)C4)C2)cc(=O)n1C. The summed E-state index contributed by atoms with van der Waals surface area (Å²) < 4.78 is 7.50. The molecule has 0 spiro atoms. The number of hydrogen-bond acceptors (Lipinski definition) is 3. The summed E-state index contributed by atoms with van der Waals surface area (Å²) in [5, 5.41) is 3.41. The molecular weight excluding hydrogens is 342 g/mol. The molecular formula is C21H29N3O3. The highest BCUT2D eigenvalue weighted by molar-refractivity contribution is 5.76. The average molecular weight is 371 g/mol. The predicted octanol–water partition coefficient (Wildman–Crippen LogP) is 2.44. The maximum Gasteiger partial charge on any atom is 0.318 e. The number of amides is 2. The summed E-state index contributed by atoms with van der Waals surface area (Å²) in [5.41, 5.74) is 0.856. The van der Waals surface area contributed by atoms with Gasteiger partial charge in [-0.2, -0.15) is 0 Å². The maximum absolute atomic E-state index is 12.8. The Morgan fingerprint density at radius 3 is 2.26 bits per heavy atom. The smallest absolute Gasteiger partial charge is 0.318 e. The molecule has 5 fully saturated rings. The van der Waals surface area contributed by atoms with Crippen molar-refractivity contribution in [1.29, 1.82) is 0 Å². The first kappa shape index (κ1) is 17.1. The molecule has 27 heavy (non-hydrogen) atoms. The average Bonchev–Trinajstić information content (AvgIpc) is 2.53. The summed E-state index contributed by atoms with van der Waals surface area (Å²) >= 11 is 0. The van der Waals surface area contributed by atoms with E-state index in [1.54, 1.807) is 11.6 Å². The Morgan fingerprint density at radius 1 is 1.11 bits per heavy atom. The molecule has 1 aromatic rings. The van der Waals surface area contributed by atoms with Gasteiger partial charge in [0.05, 0.1) is 13.1 Å². The summed E-state index contributed by atoms with van der Waals surface area (Å²) in [4.78, 5) is 26.5. The molecule has 0 aromatic carbocycles. The van der Waals surface area contributed by atoms with Gasteiger partial charge in [0.25, 0.3) is 5.56 Å². The first-order chi connectivity index (χ1) is 12.9. The lowest BCUT2D eigenvalue weighted by Gasteiger charge is -2.57. The highest BCUT2D eigenvalue weighted by Crippen LogP contribution is 2.55. The van der Waals surface area contributed by atoms with Crippen LogP contribution in [0.4, 0.5) is 4.79 Å². The lowest BCUT2D eigenvalue weighted by Crippen LogP contribution is -2.66. The van der Waals surface area contributed by atoms with Crippen LogP contribution in [0.25, 0.3) is 0 Å². The number of pyridine rings is 1. The van der Waals surface area contributed by atoms with Gasteiger partial charge in [0.15, 0.2) is 0 Å². The van der Waals surface area contributed by atoms with Crippen molar-refractivity contribution in [2.45, 2.75) is 57.1 Å². The van der Waals surface area contributed by atoms with E-state index >= 15 is 0 Å². The highest BCUT2D eigenvalue weighted by atomic mass is 16.5. The molecule has 0 atom stereocenters. The number of likely N-dealkylation sites (tertiary alicyclic amines) is 1. The molecule has 5 aliphatic rings. The second-order valence-corrected chi connectivity index (χ2v) is 9.50. The number of urea groups is 1. The van der Waals surface area contributed by atoms with Gasteiger partial charge in [-0.25, -0.2) is 4.79 Å². The van der Waals surface area contributed by atoms with E-state index in [1.165, 1.54) is 44.6 Å². The Kier molecular flexibility index (Phi) is 3.82. The zero-order valence-corrected chi connectivity index (χ0v) is 16.2. The molecule has 146 valence electrons. The lowest BCUT2D eigenvalue weighted by molar-refractivity contribution is -0.0213. The Morgan fingerprint density at radius 2 is 1.70 bits per heavy atom. The molecule has 0 unspecified atom stereocenters. The van der Waals surface area contributed by atoms with Crippen molar-refractivity contribution in [3.63, 3.8) is 0 Å². The van der Waals surface area contributed by atoms with Gasteiger partial charge in [0.2, 0.25) is 0 Å². The lowest BCUT2D eigenvalue weighted by atomic mass is 9.53. The van der Waals surface area contributed by atoms with Crippen LogP contribution in [0.2, 0.25) is 0 Å². The Bertz CT molecular complexity index is 789. The second kappa shape index (κ2) is 6.01. The van der Waals surface area contributed by atoms with Crippen molar-refractivity contribution in [3.05, 3.63) is 28.2 Å². The number of carbonyl (C=O) groups excluding carboxylic acids is 1. The van der Waals surface area contributed by atoms with Gasteiger partial charge in [-0.3, -0.25) is 4.79 Å². The molecule has 2 heterocycles. The number of rotatable bonds is 3. The number of hydrogen-bond donors (Lipinski definition) is 1.